The van der Waals surface area contributed by atoms with E-state index in [1.807, 2.05) is 31.3 Å². The summed E-state index contributed by atoms with van der Waals surface area (Å²) >= 11 is 0. The summed E-state index contributed by atoms with van der Waals surface area (Å²) < 4.78 is 6.05. The summed E-state index contributed by atoms with van der Waals surface area (Å²) in [7, 11) is 1.99. The van der Waals surface area contributed by atoms with Crippen LogP contribution in [-0.4, -0.2) is 7.05 Å². The number of ether oxygens (including phenoxy) is 1. The van der Waals surface area contributed by atoms with Crippen molar-refractivity contribution < 1.29 is 4.74 Å². The first-order chi connectivity index (χ1) is 9.74. The predicted octanol–water partition coefficient (Wildman–Crippen LogP) is 4.50. The SMILES string of the molecule is CCC(NC)c1cccc(OC(C)c2ccccc2)c1. The molecule has 0 aliphatic carbocycles. The zero-order chi connectivity index (χ0) is 14.4. The second-order valence-electron chi connectivity index (χ2n) is 4.99. The lowest BCUT2D eigenvalue weighted by molar-refractivity contribution is 0.226. The standard InChI is InChI=1S/C18H23NO/c1-4-18(19-3)16-11-8-12-17(13-16)20-14(2)15-9-6-5-7-10-15/h5-14,18-19H,4H2,1-3H3. The van der Waals surface area contributed by atoms with Crippen molar-refractivity contribution in [3.05, 3.63) is 65.7 Å². The summed E-state index contributed by atoms with van der Waals surface area (Å²) in [5.41, 5.74) is 2.46. The number of hydrogen-bond acceptors (Lipinski definition) is 2. The number of nitrogens with one attached hydrogen (secondary N) is 1. The second kappa shape index (κ2) is 7.11. The number of benzene rings is 2. The predicted molar refractivity (Wildman–Crippen MR) is 84.0 cm³/mol. The van der Waals surface area contributed by atoms with Crippen LogP contribution >= 0.6 is 0 Å². The van der Waals surface area contributed by atoms with Crippen LogP contribution in [0.5, 0.6) is 5.75 Å². The summed E-state index contributed by atoms with van der Waals surface area (Å²) in [5, 5.41) is 3.32. The van der Waals surface area contributed by atoms with Gasteiger partial charge in [-0.1, -0.05) is 49.4 Å². The van der Waals surface area contributed by atoms with E-state index < -0.39 is 0 Å². The van der Waals surface area contributed by atoms with Crippen LogP contribution in [0.1, 0.15) is 43.5 Å². The number of hydrogen-bond donors (Lipinski definition) is 1. The summed E-state index contributed by atoms with van der Waals surface area (Å²) in [6.45, 7) is 4.26. The van der Waals surface area contributed by atoms with Gasteiger partial charge in [0.15, 0.2) is 0 Å². The average Bonchev–Trinajstić information content (AvgIpc) is 2.50. The highest BCUT2D eigenvalue weighted by atomic mass is 16.5. The third-order valence-corrected chi connectivity index (χ3v) is 3.60. The van der Waals surface area contributed by atoms with Gasteiger partial charge in [0.05, 0.1) is 0 Å². The molecule has 106 valence electrons. The fraction of sp³-hybridized carbons (Fsp3) is 0.333. The van der Waals surface area contributed by atoms with Gasteiger partial charge in [0.25, 0.3) is 0 Å². The molecule has 0 amide bonds. The maximum absolute atomic E-state index is 6.05. The molecular formula is C18H23NO. The molecule has 0 spiro atoms. The largest absolute Gasteiger partial charge is 0.486 e. The van der Waals surface area contributed by atoms with Crippen LogP contribution in [0.3, 0.4) is 0 Å². The highest BCUT2D eigenvalue weighted by Crippen LogP contribution is 2.25. The Kier molecular flexibility index (Phi) is 5.19. The number of rotatable bonds is 6. The van der Waals surface area contributed by atoms with Crippen molar-refractivity contribution >= 4 is 0 Å². The van der Waals surface area contributed by atoms with Crippen molar-refractivity contribution in [2.75, 3.05) is 7.05 Å². The Morgan fingerprint density at radius 1 is 1.00 bits per heavy atom. The fourth-order valence-electron chi connectivity index (χ4n) is 2.41. The summed E-state index contributed by atoms with van der Waals surface area (Å²) in [6, 6.07) is 19.0. The van der Waals surface area contributed by atoms with E-state index in [1.165, 1.54) is 11.1 Å². The van der Waals surface area contributed by atoms with Crippen LogP contribution in [0.2, 0.25) is 0 Å². The highest BCUT2D eigenvalue weighted by molar-refractivity contribution is 5.31. The minimum absolute atomic E-state index is 0.0566. The van der Waals surface area contributed by atoms with Crippen molar-refractivity contribution in [1.29, 1.82) is 0 Å². The Balaban J connectivity index is 2.12. The lowest BCUT2D eigenvalue weighted by Crippen LogP contribution is -2.15. The van der Waals surface area contributed by atoms with E-state index >= 15 is 0 Å². The fourth-order valence-corrected chi connectivity index (χ4v) is 2.41. The van der Waals surface area contributed by atoms with E-state index in [0.717, 1.165) is 12.2 Å². The van der Waals surface area contributed by atoms with Gasteiger partial charge < -0.3 is 10.1 Å². The monoisotopic (exact) mass is 269 g/mol. The van der Waals surface area contributed by atoms with Gasteiger partial charge in [-0.05, 0) is 43.7 Å². The zero-order valence-electron chi connectivity index (χ0n) is 12.5. The van der Waals surface area contributed by atoms with Crippen LogP contribution in [0.15, 0.2) is 54.6 Å². The van der Waals surface area contributed by atoms with Crippen molar-refractivity contribution in [1.82, 2.24) is 5.32 Å². The van der Waals surface area contributed by atoms with Crippen molar-refractivity contribution in [2.24, 2.45) is 0 Å². The Hall–Kier alpha value is -1.80. The van der Waals surface area contributed by atoms with Gasteiger partial charge in [-0.3, -0.25) is 0 Å². The molecule has 0 aliphatic heterocycles. The molecule has 2 nitrogen and oxygen atoms in total. The molecule has 1 N–H and O–H groups in total. The van der Waals surface area contributed by atoms with Gasteiger partial charge in [-0.25, -0.2) is 0 Å². The Morgan fingerprint density at radius 3 is 2.35 bits per heavy atom. The molecule has 20 heavy (non-hydrogen) atoms. The molecule has 2 aromatic carbocycles. The third kappa shape index (κ3) is 3.61. The molecule has 2 heteroatoms. The van der Waals surface area contributed by atoms with Crippen LogP contribution < -0.4 is 10.1 Å². The second-order valence-corrected chi connectivity index (χ2v) is 4.99. The molecule has 0 bridgehead atoms. The normalized spacial score (nSPS) is 13.8. The van der Waals surface area contributed by atoms with Gasteiger partial charge in [-0.2, -0.15) is 0 Å². The molecule has 2 atom stereocenters. The first-order valence-corrected chi connectivity index (χ1v) is 7.23. The van der Waals surface area contributed by atoms with Gasteiger partial charge >= 0.3 is 0 Å². The van der Waals surface area contributed by atoms with E-state index in [2.05, 4.69) is 49.5 Å². The topological polar surface area (TPSA) is 21.3 Å². The Bertz CT molecular complexity index is 520. The van der Waals surface area contributed by atoms with Gasteiger partial charge in [0.1, 0.15) is 11.9 Å². The molecule has 0 heterocycles. The maximum atomic E-state index is 6.05. The van der Waals surface area contributed by atoms with E-state index in [-0.39, 0.29) is 6.10 Å². The molecule has 0 aliphatic rings. The molecule has 2 aromatic rings. The first-order valence-electron chi connectivity index (χ1n) is 7.23. The molecule has 2 rings (SSSR count). The van der Waals surface area contributed by atoms with Gasteiger partial charge in [0, 0.05) is 6.04 Å². The van der Waals surface area contributed by atoms with Crippen LogP contribution in [-0.2, 0) is 0 Å². The van der Waals surface area contributed by atoms with Gasteiger partial charge in [-0.15, -0.1) is 0 Å². The van der Waals surface area contributed by atoms with Crippen molar-refractivity contribution in [3.8, 4) is 5.75 Å². The molecule has 0 fully saturated rings. The van der Waals surface area contributed by atoms with Gasteiger partial charge in [0.2, 0.25) is 0 Å². The molecule has 2 unspecified atom stereocenters. The van der Waals surface area contributed by atoms with Crippen LogP contribution in [0, 0.1) is 0 Å². The average molecular weight is 269 g/mol. The van der Waals surface area contributed by atoms with Crippen LogP contribution in [0.4, 0.5) is 0 Å². The summed E-state index contributed by atoms with van der Waals surface area (Å²) in [6.07, 6.45) is 1.12. The Labute approximate surface area is 121 Å². The van der Waals surface area contributed by atoms with Crippen LogP contribution in [0.25, 0.3) is 0 Å². The maximum Gasteiger partial charge on any atom is 0.121 e. The molecular weight excluding hydrogens is 246 g/mol. The molecule has 0 radical (unpaired) electrons. The van der Waals surface area contributed by atoms with E-state index in [0.29, 0.717) is 6.04 Å². The zero-order valence-corrected chi connectivity index (χ0v) is 12.5. The first kappa shape index (κ1) is 14.6. The minimum Gasteiger partial charge on any atom is -0.486 e. The quantitative estimate of drug-likeness (QED) is 0.834. The lowest BCUT2D eigenvalue weighted by atomic mass is 10.0. The summed E-state index contributed by atoms with van der Waals surface area (Å²) in [5.74, 6) is 0.924. The van der Waals surface area contributed by atoms with E-state index in [1.54, 1.807) is 0 Å². The van der Waals surface area contributed by atoms with Crippen molar-refractivity contribution in [3.63, 3.8) is 0 Å². The van der Waals surface area contributed by atoms with E-state index in [4.69, 9.17) is 4.74 Å². The molecule has 0 saturated carbocycles. The lowest BCUT2D eigenvalue weighted by Gasteiger charge is -2.18. The molecule has 0 aromatic heterocycles. The molecule has 0 saturated heterocycles. The van der Waals surface area contributed by atoms with E-state index in [9.17, 15) is 0 Å². The third-order valence-electron chi connectivity index (χ3n) is 3.60. The smallest absolute Gasteiger partial charge is 0.121 e. The highest BCUT2D eigenvalue weighted by Gasteiger charge is 2.10. The Morgan fingerprint density at radius 2 is 1.70 bits per heavy atom. The minimum atomic E-state index is 0.0566. The van der Waals surface area contributed by atoms with Crippen molar-refractivity contribution in [2.45, 2.75) is 32.4 Å². The summed E-state index contributed by atoms with van der Waals surface area (Å²) in [4.78, 5) is 0.